The fraction of sp³-hybridized carbons (Fsp3) is 0.241. The normalized spacial score (nSPS) is 17.6. The van der Waals surface area contributed by atoms with Gasteiger partial charge in [-0.3, -0.25) is 4.98 Å². The molecule has 0 unspecified atom stereocenters. The average Bonchev–Trinajstić information content (AvgIpc) is 3.36. The van der Waals surface area contributed by atoms with Crippen molar-refractivity contribution in [1.82, 2.24) is 14.9 Å². The van der Waals surface area contributed by atoms with Gasteiger partial charge in [-0.1, -0.05) is 42.8 Å². The molecule has 5 rings (SSSR count). The van der Waals surface area contributed by atoms with E-state index in [9.17, 15) is 0 Å². The smallest absolute Gasteiger partial charge is 0.174 e. The van der Waals surface area contributed by atoms with Crippen molar-refractivity contribution in [2.45, 2.75) is 46.2 Å². The Morgan fingerprint density at radius 1 is 1.00 bits per heavy atom. The lowest BCUT2D eigenvalue weighted by Crippen LogP contribution is -2.29. The van der Waals surface area contributed by atoms with Gasteiger partial charge in [0.1, 0.15) is 0 Å². The van der Waals surface area contributed by atoms with Crippen LogP contribution in [0.2, 0.25) is 5.02 Å². The van der Waals surface area contributed by atoms with Crippen LogP contribution < -0.4 is 10.2 Å². The Morgan fingerprint density at radius 2 is 1.77 bits per heavy atom. The van der Waals surface area contributed by atoms with Gasteiger partial charge in [0, 0.05) is 34.0 Å². The van der Waals surface area contributed by atoms with Crippen LogP contribution in [0.3, 0.4) is 0 Å². The van der Waals surface area contributed by atoms with E-state index < -0.39 is 0 Å². The number of pyridine rings is 1. The maximum absolute atomic E-state index is 6.40. The first-order valence-electron chi connectivity index (χ1n) is 11.9. The van der Waals surface area contributed by atoms with Crippen molar-refractivity contribution in [2.24, 2.45) is 0 Å². The Bertz CT molecular complexity index is 1380. The lowest BCUT2D eigenvalue weighted by molar-refractivity contribution is 0.565. The number of nitrogens with one attached hydrogen (secondary N) is 1. The molecule has 3 heterocycles. The summed E-state index contributed by atoms with van der Waals surface area (Å²) < 4.78 is 2.30. The van der Waals surface area contributed by atoms with Crippen molar-refractivity contribution in [3.05, 3.63) is 112 Å². The van der Waals surface area contributed by atoms with Crippen molar-refractivity contribution in [2.75, 3.05) is 4.90 Å². The predicted octanol–water partition coefficient (Wildman–Crippen LogP) is 7.19. The zero-order valence-electron chi connectivity index (χ0n) is 20.4. The van der Waals surface area contributed by atoms with E-state index in [2.05, 4.69) is 84.9 Å². The summed E-state index contributed by atoms with van der Waals surface area (Å²) in [5.41, 5.74) is 9.16. The van der Waals surface area contributed by atoms with Gasteiger partial charge in [-0.25, -0.2) is 0 Å². The molecular weight excluding hydrogens is 472 g/mol. The van der Waals surface area contributed by atoms with E-state index in [1.165, 1.54) is 22.4 Å². The molecule has 4 aromatic rings. The molecule has 0 bridgehead atoms. The van der Waals surface area contributed by atoms with Crippen LogP contribution in [-0.2, 0) is 6.42 Å². The van der Waals surface area contributed by atoms with E-state index >= 15 is 0 Å². The van der Waals surface area contributed by atoms with Crippen LogP contribution in [0, 0.1) is 20.8 Å². The zero-order chi connectivity index (χ0) is 24.7. The second kappa shape index (κ2) is 9.48. The van der Waals surface area contributed by atoms with E-state index in [0.717, 1.165) is 34.2 Å². The van der Waals surface area contributed by atoms with E-state index in [-0.39, 0.29) is 12.1 Å². The molecular formula is C29H29ClN4S. The van der Waals surface area contributed by atoms with Gasteiger partial charge >= 0.3 is 0 Å². The maximum atomic E-state index is 6.40. The zero-order valence-corrected chi connectivity index (χ0v) is 22.0. The van der Waals surface area contributed by atoms with Crippen LogP contribution in [0.15, 0.2) is 72.9 Å². The number of aromatic nitrogens is 2. The Balaban J connectivity index is 1.68. The quantitative estimate of drug-likeness (QED) is 0.294. The SMILES string of the molecule is CCc1ccc(N2C(=S)N[C@H](c3ccccn3)[C@@H]2c2cc(C)n(-c3cc(Cl)ccc3C)c2C)cc1. The third kappa shape index (κ3) is 4.24. The molecule has 0 saturated carbocycles. The second-order valence-corrected chi connectivity index (χ2v) is 9.93. The molecule has 2 aromatic carbocycles. The topological polar surface area (TPSA) is 33.1 Å². The molecule has 1 saturated heterocycles. The number of rotatable bonds is 5. The fourth-order valence-electron chi connectivity index (χ4n) is 5.12. The molecule has 0 spiro atoms. The first-order chi connectivity index (χ1) is 16.9. The average molecular weight is 501 g/mol. The summed E-state index contributed by atoms with van der Waals surface area (Å²) in [6.45, 7) is 8.62. The van der Waals surface area contributed by atoms with Gasteiger partial charge in [-0.05, 0) is 98.6 Å². The number of aryl methyl sites for hydroxylation is 3. The van der Waals surface area contributed by atoms with Gasteiger partial charge < -0.3 is 14.8 Å². The van der Waals surface area contributed by atoms with E-state index in [1.807, 2.05) is 30.5 Å². The maximum Gasteiger partial charge on any atom is 0.174 e. The van der Waals surface area contributed by atoms with E-state index in [1.54, 1.807) is 0 Å². The van der Waals surface area contributed by atoms with Crippen LogP contribution >= 0.6 is 23.8 Å². The molecule has 1 aliphatic rings. The lowest BCUT2D eigenvalue weighted by Gasteiger charge is -2.28. The molecule has 35 heavy (non-hydrogen) atoms. The molecule has 2 aromatic heterocycles. The molecule has 178 valence electrons. The minimum absolute atomic E-state index is 0.0516. The van der Waals surface area contributed by atoms with Gasteiger partial charge in [0.05, 0.1) is 17.8 Å². The monoisotopic (exact) mass is 500 g/mol. The molecule has 1 N–H and O–H groups in total. The highest BCUT2D eigenvalue weighted by atomic mass is 35.5. The molecule has 2 atom stereocenters. The van der Waals surface area contributed by atoms with Crippen LogP contribution in [0.4, 0.5) is 5.69 Å². The summed E-state index contributed by atoms with van der Waals surface area (Å²) in [4.78, 5) is 6.94. The molecule has 0 aliphatic carbocycles. The second-order valence-electron chi connectivity index (χ2n) is 9.11. The van der Waals surface area contributed by atoms with Crippen LogP contribution in [-0.4, -0.2) is 14.7 Å². The highest BCUT2D eigenvalue weighted by Crippen LogP contribution is 2.44. The van der Waals surface area contributed by atoms with Crippen molar-refractivity contribution in [1.29, 1.82) is 0 Å². The van der Waals surface area contributed by atoms with Crippen LogP contribution in [0.5, 0.6) is 0 Å². The summed E-state index contributed by atoms with van der Waals surface area (Å²) >= 11 is 12.3. The Kier molecular flexibility index (Phi) is 6.39. The number of hydrogen-bond donors (Lipinski definition) is 1. The summed E-state index contributed by atoms with van der Waals surface area (Å²) in [5, 5.41) is 5.01. The van der Waals surface area contributed by atoms with Gasteiger partial charge in [0.2, 0.25) is 0 Å². The molecule has 0 amide bonds. The van der Waals surface area contributed by atoms with Crippen molar-refractivity contribution >= 4 is 34.6 Å². The Hall–Kier alpha value is -3.15. The highest BCUT2D eigenvalue weighted by molar-refractivity contribution is 7.80. The molecule has 4 nitrogen and oxygen atoms in total. The molecule has 0 radical (unpaired) electrons. The van der Waals surface area contributed by atoms with Gasteiger partial charge in [0.15, 0.2) is 5.11 Å². The first kappa shape index (κ1) is 23.6. The molecule has 1 fully saturated rings. The third-order valence-electron chi connectivity index (χ3n) is 6.92. The minimum Gasteiger partial charge on any atom is -0.351 e. The van der Waals surface area contributed by atoms with Gasteiger partial charge in [-0.15, -0.1) is 0 Å². The first-order valence-corrected chi connectivity index (χ1v) is 12.7. The lowest BCUT2D eigenvalue weighted by atomic mass is 9.96. The van der Waals surface area contributed by atoms with Gasteiger partial charge in [-0.2, -0.15) is 0 Å². The largest absolute Gasteiger partial charge is 0.351 e. The van der Waals surface area contributed by atoms with E-state index in [0.29, 0.717) is 5.11 Å². The predicted molar refractivity (Wildman–Crippen MR) is 149 cm³/mol. The fourth-order valence-corrected chi connectivity index (χ4v) is 5.63. The number of nitrogens with zero attached hydrogens (tertiary/aromatic N) is 3. The van der Waals surface area contributed by atoms with Crippen molar-refractivity contribution in [3.63, 3.8) is 0 Å². The number of halogens is 1. The number of hydrogen-bond acceptors (Lipinski definition) is 2. The van der Waals surface area contributed by atoms with Crippen molar-refractivity contribution < 1.29 is 0 Å². The standard InChI is InChI=1S/C29H29ClN4S/c1-5-21-10-13-23(14-11-21)34-28(27(32-29(34)35)25-8-6-7-15-31-25)24-16-19(3)33(20(24)4)26-17-22(30)12-9-18(26)2/h6-17,27-28H,5H2,1-4H3,(H,32,35)/t27-,28+/m1/s1. The summed E-state index contributed by atoms with van der Waals surface area (Å²) in [6.07, 6.45) is 2.84. The number of anilines is 1. The summed E-state index contributed by atoms with van der Waals surface area (Å²) in [5.74, 6) is 0. The minimum atomic E-state index is -0.0797. The molecule has 1 aliphatic heterocycles. The van der Waals surface area contributed by atoms with E-state index in [4.69, 9.17) is 28.8 Å². The van der Waals surface area contributed by atoms with Gasteiger partial charge in [0.25, 0.3) is 0 Å². The highest BCUT2D eigenvalue weighted by Gasteiger charge is 2.42. The Labute approximate surface area is 217 Å². The summed E-state index contributed by atoms with van der Waals surface area (Å²) in [6, 6.07) is 22.9. The summed E-state index contributed by atoms with van der Waals surface area (Å²) in [7, 11) is 0. The third-order valence-corrected chi connectivity index (χ3v) is 7.47. The number of thiocarbonyl (C=S) groups is 1. The Morgan fingerprint density at radius 3 is 2.46 bits per heavy atom. The van der Waals surface area contributed by atoms with Crippen LogP contribution in [0.25, 0.3) is 5.69 Å². The molecule has 6 heteroatoms. The number of benzene rings is 2. The van der Waals surface area contributed by atoms with Crippen molar-refractivity contribution in [3.8, 4) is 5.69 Å². The van der Waals surface area contributed by atoms with Crippen LogP contribution in [0.1, 0.15) is 52.8 Å².